The highest BCUT2D eigenvalue weighted by Crippen LogP contribution is 2.45. The van der Waals surface area contributed by atoms with Crippen LogP contribution in [0.4, 0.5) is 0 Å². The number of benzene rings is 2. The molecule has 0 aliphatic rings. The van der Waals surface area contributed by atoms with E-state index in [9.17, 15) is 28.7 Å². The minimum Gasteiger partial charge on any atom is -0.482 e. The maximum atomic E-state index is 11.4. The lowest BCUT2D eigenvalue weighted by molar-refractivity contribution is 0.117. The predicted octanol–water partition coefficient (Wildman–Crippen LogP) is 5.56. The Morgan fingerprint density at radius 3 is 1.98 bits per heavy atom. The van der Waals surface area contributed by atoms with Crippen molar-refractivity contribution in [1.29, 1.82) is 0 Å². The van der Waals surface area contributed by atoms with Crippen LogP contribution in [0.5, 0.6) is 11.5 Å². The lowest BCUT2D eigenvalue weighted by Gasteiger charge is -2.24. The van der Waals surface area contributed by atoms with E-state index in [4.69, 9.17) is 26.8 Å². The SMILES string of the molecule is CCC(C)(Oc1ccc(CCN(CP(=O)(O)O)CP(=O)(O)O)cc1)[P+](=S)N(C)/N=C/c1ccc(OC(C)(C)N=[N+]=[N-])cc1. The smallest absolute Gasteiger partial charge is 0.358 e. The zero-order valence-electron chi connectivity index (χ0n) is 24.6. The highest BCUT2D eigenvalue weighted by Gasteiger charge is 2.45. The van der Waals surface area contributed by atoms with Gasteiger partial charge in [-0.3, -0.25) is 14.0 Å². The number of nitrogens with zero attached hydrogens (tertiary/aromatic N) is 6. The molecule has 2 rings (SSSR count). The van der Waals surface area contributed by atoms with E-state index in [1.54, 1.807) is 68.3 Å². The molecule has 0 spiro atoms. The van der Waals surface area contributed by atoms with Crippen LogP contribution in [0.3, 0.4) is 0 Å². The third-order valence-corrected chi connectivity index (χ3v) is 11.2. The van der Waals surface area contributed by atoms with Gasteiger partial charge in [0, 0.05) is 24.8 Å². The van der Waals surface area contributed by atoms with E-state index in [0.29, 0.717) is 24.3 Å². The van der Waals surface area contributed by atoms with Gasteiger partial charge in [0.05, 0.1) is 13.3 Å². The second-order valence-electron chi connectivity index (χ2n) is 10.3. The van der Waals surface area contributed by atoms with Crippen molar-refractivity contribution in [3.63, 3.8) is 0 Å². The Balaban J connectivity index is 2.03. The zero-order chi connectivity index (χ0) is 32.5. The van der Waals surface area contributed by atoms with Gasteiger partial charge in [-0.15, -0.1) is 9.88 Å². The molecule has 236 valence electrons. The summed E-state index contributed by atoms with van der Waals surface area (Å²) in [5, 5.41) is 7.40. The summed E-state index contributed by atoms with van der Waals surface area (Å²) in [7, 11) is -7.20. The number of rotatable bonds is 17. The van der Waals surface area contributed by atoms with Gasteiger partial charge in [-0.05, 0) is 78.4 Å². The standard InChI is InChI=1S/C25H37N6O8P3S/c1-6-25(4,40(43)30(5)27-17-21-9-13-22(14-10-21)38-24(2,3)28-29-26)39-23-11-7-20(8-12-23)15-16-31(18-41(32,33)34)19-42(35,36)37/h7-14,17H,6,15-16,18-19H2,1-5H3,(H3-,32,33,34,35,36,37)/p+1/b27-17+. The Morgan fingerprint density at radius 1 is 0.977 bits per heavy atom. The summed E-state index contributed by atoms with van der Waals surface area (Å²) < 4.78 is 36.5. The summed E-state index contributed by atoms with van der Waals surface area (Å²) >= 11 is 5.86. The zero-order valence-corrected chi connectivity index (χ0v) is 28.1. The maximum Gasteiger partial charge on any atom is 0.358 e. The van der Waals surface area contributed by atoms with Gasteiger partial charge < -0.3 is 29.0 Å². The van der Waals surface area contributed by atoms with Gasteiger partial charge in [-0.25, -0.2) is 0 Å². The van der Waals surface area contributed by atoms with Crippen LogP contribution in [-0.2, 0) is 27.4 Å². The van der Waals surface area contributed by atoms with Gasteiger partial charge in [0.1, 0.15) is 24.1 Å². The quantitative estimate of drug-likeness (QED) is 0.0409. The first-order chi connectivity index (χ1) is 19.8. The number of hydrogen-bond donors (Lipinski definition) is 4. The van der Waals surface area contributed by atoms with Crippen molar-refractivity contribution >= 4 is 40.1 Å². The summed E-state index contributed by atoms with van der Waals surface area (Å²) in [5.41, 5.74) is 9.25. The minimum absolute atomic E-state index is 0.0485. The van der Waals surface area contributed by atoms with Crippen LogP contribution in [0.25, 0.3) is 10.4 Å². The number of hydrazone groups is 1. The van der Waals surface area contributed by atoms with Crippen LogP contribution in [0, 0.1) is 0 Å². The molecule has 18 heteroatoms. The van der Waals surface area contributed by atoms with Crippen LogP contribution < -0.4 is 9.47 Å². The molecule has 2 aromatic rings. The molecule has 0 aliphatic heterocycles. The Morgan fingerprint density at radius 2 is 1.49 bits per heavy atom. The molecule has 43 heavy (non-hydrogen) atoms. The molecule has 2 aromatic carbocycles. The molecule has 0 saturated heterocycles. The van der Waals surface area contributed by atoms with E-state index in [1.807, 2.05) is 26.0 Å². The molecule has 0 saturated carbocycles. The fourth-order valence-electron chi connectivity index (χ4n) is 3.76. The van der Waals surface area contributed by atoms with Crippen molar-refractivity contribution in [1.82, 2.24) is 9.68 Å². The molecular weight excluding hydrogens is 637 g/mol. The molecule has 2 unspecified atom stereocenters. The third-order valence-electron chi connectivity index (χ3n) is 5.98. The predicted molar refractivity (Wildman–Crippen MR) is 170 cm³/mol. The van der Waals surface area contributed by atoms with Crippen molar-refractivity contribution in [2.75, 3.05) is 26.2 Å². The van der Waals surface area contributed by atoms with Crippen molar-refractivity contribution in [3.05, 3.63) is 70.1 Å². The molecule has 0 aromatic heterocycles. The van der Waals surface area contributed by atoms with Gasteiger partial charge in [-0.2, -0.15) is 0 Å². The Bertz CT molecular complexity index is 1390. The fourth-order valence-corrected chi connectivity index (χ4v) is 7.28. The van der Waals surface area contributed by atoms with Gasteiger partial charge >= 0.3 is 22.0 Å². The van der Waals surface area contributed by atoms with Crippen LogP contribution in [-0.4, -0.2) is 72.7 Å². The highest BCUT2D eigenvalue weighted by atomic mass is 32.4. The monoisotopic (exact) mass is 675 g/mol. The fraction of sp³-hybridized carbons (Fsp3) is 0.480. The molecule has 4 N–H and O–H groups in total. The van der Waals surface area contributed by atoms with Gasteiger partial charge in [0.25, 0.3) is 5.34 Å². The molecule has 0 radical (unpaired) electrons. The number of azide groups is 1. The second-order valence-corrected chi connectivity index (χ2v) is 16.7. The molecule has 0 aliphatic carbocycles. The highest BCUT2D eigenvalue weighted by molar-refractivity contribution is 8.04. The van der Waals surface area contributed by atoms with E-state index in [1.165, 1.54) is 0 Å². The molecule has 2 atom stereocenters. The molecule has 0 bridgehead atoms. The normalized spacial score (nSPS) is 14.2. The number of ether oxygens (including phenoxy) is 2. The number of hydrogen-bond acceptors (Lipinski definition) is 8. The second kappa shape index (κ2) is 15.5. The van der Waals surface area contributed by atoms with Crippen molar-refractivity contribution in [3.8, 4) is 11.5 Å². The summed E-state index contributed by atoms with van der Waals surface area (Å²) in [5.74, 6) is 1.12. The third kappa shape index (κ3) is 13.4. The Hall–Kier alpha value is -2.40. The minimum atomic E-state index is -4.49. The molecule has 14 nitrogen and oxygen atoms in total. The largest absolute Gasteiger partial charge is 0.482 e. The average Bonchev–Trinajstić information content (AvgIpc) is 2.89. The molecular formula is C25H38N6O8P3S+. The van der Waals surface area contributed by atoms with Crippen molar-refractivity contribution in [2.24, 2.45) is 10.2 Å². The first-order valence-electron chi connectivity index (χ1n) is 13.0. The van der Waals surface area contributed by atoms with Gasteiger partial charge in [-0.1, -0.05) is 19.1 Å². The van der Waals surface area contributed by atoms with E-state index >= 15 is 0 Å². The van der Waals surface area contributed by atoms with Crippen LogP contribution in [0.1, 0.15) is 45.2 Å². The lowest BCUT2D eigenvalue weighted by Crippen LogP contribution is -2.30. The Kier molecular flexibility index (Phi) is 13.3. The van der Waals surface area contributed by atoms with Gasteiger partial charge in [0.15, 0.2) is 17.5 Å². The van der Waals surface area contributed by atoms with Crippen LogP contribution >= 0.6 is 22.0 Å². The van der Waals surface area contributed by atoms with Crippen LogP contribution in [0.2, 0.25) is 0 Å². The topological polar surface area (TPSA) is 201 Å². The van der Waals surface area contributed by atoms with E-state index < -0.39 is 45.7 Å². The van der Waals surface area contributed by atoms with Gasteiger partial charge in [0.2, 0.25) is 0 Å². The summed E-state index contributed by atoms with van der Waals surface area (Å²) in [4.78, 5) is 40.8. The average molecular weight is 676 g/mol. The van der Waals surface area contributed by atoms with Crippen molar-refractivity contribution < 1.29 is 38.2 Å². The van der Waals surface area contributed by atoms with E-state index in [0.717, 1.165) is 16.0 Å². The molecule has 0 fully saturated rings. The summed E-state index contributed by atoms with van der Waals surface area (Å²) in [6.45, 7) is 5.95. The maximum absolute atomic E-state index is 11.4. The summed E-state index contributed by atoms with van der Waals surface area (Å²) in [6.07, 6.45) is 1.11. The Labute approximate surface area is 257 Å². The van der Waals surface area contributed by atoms with E-state index in [2.05, 4.69) is 15.1 Å². The van der Waals surface area contributed by atoms with Crippen molar-refractivity contribution in [2.45, 2.75) is 51.6 Å². The lowest BCUT2D eigenvalue weighted by atomic mass is 10.1. The molecule has 0 amide bonds. The first kappa shape index (κ1) is 36.8. The summed E-state index contributed by atoms with van der Waals surface area (Å²) in [6, 6.07) is 14.2. The van der Waals surface area contributed by atoms with Crippen LogP contribution in [0.15, 0.2) is 58.7 Å². The van der Waals surface area contributed by atoms with E-state index in [-0.39, 0.29) is 6.54 Å². The first-order valence-corrected chi connectivity index (χ1v) is 18.9. The molecule has 0 heterocycles.